The summed E-state index contributed by atoms with van der Waals surface area (Å²) in [7, 11) is 2.22. The fourth-order valence-electron chi connectivity index (χ4n) is 3.99. The van der Waals surface area contributed by atoms with Gasteiger partial charge in [-0.1, -0.05) is 24.3 Å². The van der Waals surface area contributed by atoms with Gasteiger partial charge in [-0.25, -0.2) is 0 Å². The van der Waals surface area contributed by atoms with E-state index in [4.69, 9.17) is 5.73 Å². The van der Waals surface area contributed by atoms with E-state index < -0.39 is 0 Å². The molecule has 3 atom stereocenters. The van der Waals surface area contributed by atoms with Crippen LogP contribution in [0, 0.1) is 0 Å². The van der Waals surface area contributed by atoms with Gasteiger partial charge in [-0.2, -0.15) is 0 Å². The molecule has 110 valence electrons. The highest BCUT2D eigenvalue weighted by Crippen LogP contribution is 2.31. The lowest BCUT2D eigenvalue weighted by Crippen LogP contribution is -2.56. The highest BCUT2D eigenvalue weighted by atomic mass is 15.3. The normalized spacial score (nSPS) is 32.6. The van der Waals surface area contributed by atoms with Crippen LogP contribution in [0.5, 0.6) is 0 Å². The van der Waals surface area contributed by atoms with E-state index in [1.54, 1.807) is 0 Å². The van der Waals surface area contributed by atoms with E-state index in [0.717, 1.165) is 19.6 Å². The first-order valence-electron chi connectivity index (χ1n) is 7.94. The van der Waals surface area contributed by atoms with E-state index in [-0.39, 0.29) is 6.04 Å². The molecule has 1 heterocycles. The third kappa shape index (κ3) is 2.62. The topological polar surface area (TPSA) is 32.5 Å². The first-order chi connectivity index (χ1) is 9.66. The summed E-state index contributed by atoms with van der Waals surface area (Å²) in [6, 6.07) is 10.0. The van der Waals surface area contributed by atoms with Crippen molar-refractivity contribution < 1.29 is 0 Å². The van der Waals surface area contributed by atoms with Crippen molar-refractivity contribution in [3.63, 3.8) is 0 Å². The zero-order valence-corrected chi connectivity index (χ0v) is 12.8. The quantitative estimate of drug-likeness (QED) is 0.795. The Bertz CT molecular complexity index is 459. The minimum atomic E-state index is 0.166. The van der Waals surface area contributed by atoms with Crippen LogP contribution in [0.4, 0.5) is 0 Å². The third-order valence-corrected chi connectivity index (χ3v) is 5.08. The van der Waals surface area contributed by atoms with E-state index in [1.165, 1.54) is 30.4 Å². The summed E-state index contributed by atoms with van der Waals surface area (Å²) in [5, 5.41) is 0. The minimum absolute atomic E-state index is 0.166. The Kier molecular flexibility index (Phi) is 4.11. The van der Waals surface area contributed by atoms with Crippen molar-refractivity contribution in [1.29, 1.82) is 0 Å². The number of hydrogen-bond acceptors (Lipinski definition) is 3. The number of nitrogens with zero attached hydrogens (tertiary/aromatic N) is 2. The van der Waals surface area contributed by atoms with Gasteiger partial charge in [-0.15, -0.1) is 0 Å². The maximum absolute atomic E-state index is 6.66. The largest absolute Gasteiger partial charge is 0.323 e. The first kappa shape index (κ1) is 14.1. The zero-order chi connectivity index (χ0) is 14.1. The van der Waals surface area contributed by atoms with E-state index >= 15 is 0 Å². The summed E-state index contributed by atoms with van der Waals surface area (Å²) in [6.45, 7) is 5.82. The summed E-state index contributed by atoms with van der Waals surface area (Å²) in [5.74, 6) is 0. The SMILES string of the molecule is CC1CN(C)CCN1C1CCCc2ccccc2C1N. The summed E-state index contributed by atoms with van der Waals surface area (Å²) in [5.41, 5.74) is 9.50. The van der Waals surface area contributed by atoms with Crippen LogP contribution in [0.25, 0.3) is 0 Å². The molecule has 1 aromatic carbocycles. The summed E-state index contributed by atoms with van der Waals surface area (Å²) in [6.07, 6.45) is 3.67. The Morgan fingerprint density at radius 1 is 1.20 bits per heavy atom. The molecule has 1 aliphatic carbocycles. The van der Waals surface area contributed by atoms with E-state index in [0.29, 0.717) is 12.1 Å². The van der Waals surface area contributed by atoms with Crippen LogP contribution in [0.1, 0.15) is 36.9 Å². The second-order valence-corrected chi connectivity index (χ2v) is 6.53. The predicted molar refractivity (Wildman–Crippen MR) is 83.8 cm³/mol. The Hall–Kier alpha value is -0.900. The van der Waals surface area contributed by atoms with Gasteiger partial charge >= 0.3 is 0 Å². The number of hydrogen-bond donors (Lipinski definition) is 1. The number of piperazine rings is 1. The molecular formula is C17H27N3. The van der Waals surface area contributed by atoms with Crippen molar-refractivity contribution in [2.75, 3.05) is 26.7 Å². The van der Waals surface area contributed by atoms with Gasteiger partial charge in [-0.3, -0.25) is 4.90 Å². The lowest BCUT2D eigenvalue weighted by Gasteiger charge is -2.44. The van der Waals surface area contributed by atoms with E-state index in [1.807, 2.05) is 0 Å². The second kappa shape index (κ2) is 5.84. The fraction of sp³-hybridized carbons (Fsp3) is 0.647. The molecule has 0 aromatic heterocycles. The molecule has 1 aliphatic heterocycles. The molecule has 3 heteroatoms. The number of benzene rings is 1. The molecule has 3 rings (SSSR count). The van der Waals surface area contributed by atoms with Crippen LogP contribution < -0.4 is 5.73 Å². The maximum Gasteiger partial charge on any atom is 0.0455 e. The molecule has 3 unspecified atom stereocenters. The van der Waals surface area contributed by atoms with Crippen molar-refractivity contribution in [3.05, 3.63) is 35.4 Å². The van der Waals surface area contributed by atoms with Crippen molar-refractivity contribution in [2.24, 2.45) is 5.73 Å². The maximum atomic E-state index is 6.66. The standard InChI is InChI=1S/C17H27N3/c1-13-12-19(2)10-11-20(13)16-9-5-7-14-6-3-4-8-15(14)17(16)18/h3-4,6,8,13,16-17H,5,7,9-12,18H2,1-2H3. The second-order valence-electron chi connectivity index (χ2n) is 6.53. The predicted octanol–water partition coefficient (Wildman–Crippen LogP) is 2.03. The van der Waals surface area contributed by atoms with Gasteiger partial charge in [0.25, 0.3) is 0 Å². The average Bonchev–Trinajstić information content (AvgIpc) is 2.59. The third-order valence-electron chi connectivity index (χ3n) is 5.08. The van der Waals surface area contributed by atoms with Crippen LogP contribution in [0.2, 0.25) is 0 Å². The minimum Gasteiger partial charge on any atom is -0.323 e. The number of rotatable bonds is 1. The smallest absolute Gasteiger partial charge is 0.0455 e. The molecule has 0 bridgehead atoms. The van der Waals surface area contributed by atoms with Gasteiger partial charge in [0.2, 0.25) is 0 Å². The molecule has 3 nitrogen and oxygen atoms in total. The number of nitrogens with two attached hydrogens (primary N) is 1. The van der Waals surface area contributed by atoms with Gasteiger partial charge in [0.05, 0.1) is 0 Å². The zero-order valence-electron chi connectivity index (χ0n) is 12.8. The molecule has 1 fully saturated rings. The molecule has 2 N–H and O–H groups in total. The van der Waals surface area contributed by atoms with Gasteiger partial charge in [-0.05, 0) is 44.4 Å². The Morgan fingerprint density at radius 3 is 2.80 bits per heavy atom. The molecule has 0 amide bonds. The Morgan fingerprint density at radius 2 is 2.00 bits per heavy atom. The highest BCUT2D eigenvalue weighted by Gasteiger charge is 2.34. The molecule has 0 saturated carbocycles. The van der Waals surface area contributed by atoms with Gasteiger partial charge in [0.15, 0.2) is 0 Å². The first-order valence-corrected chi connectivity index (χ1v) is 7.94. The number of likely N-dealkylation sites (N-methyl/N-ethyl adjacent to an activating group) is 1. The Labute approximate surface area is 122 Å². The molecule has 20 heavy (non-hydrogen) atoms. The molecule has 1 aromatic rings. The number of fused-ring (bicyclic) bond motifs is 1. The van der Waals surface area contributed by atoms with Crippen LogP contribution >= 0.6 is 0 Å². The van der Waals surface area contributed by atoms with Crippen LogP contribution in [0.3, 0.4) is 0 Å². The van der Waals surface area contributed by atoms with Crippen molar-refractivity contribution in [3.8, 4) is 0 Å². The summed E-state index contributed by atoms with van der Waals surface area (Å²) >= 11 is 0. The summed E-state index contributed by atoms with van der Waals surface area (Å²) < 4.78 is 0. The van der Waals surface area contributed by atoms with Crippen LogP contribution in [-0.4, -0.2) is 48.6 Å². The molecule has 1 saturated heterocycles. The van der Waals surface area contributed by atoms with Crippen molar-refractivity contribution in [1.82, 2.24) is 9.80 Å². The molecule has 2 aliphatic rings. The van der Waals surface area contributed by atoms with Gasteiger partial charge in [0, 0.05) is 37.8 Å². The highest BCUT2D eigenvalue weighted by molar-refractivity contribution is 5.32. The fourth-order valence-corrected chi connectivity index (χ4v) is 3.99. The van der Waals surface area contributed by atoms with E-state index in [9.17, 15) is 0 Å². The number of aryl methyl sites for hydroxylation is 1. The average molecular weight is 273 g/mol. The van der Waals surface area contributed by atoms with Gasteiger partial charge in [0.1, 0.15) is 0 Å². The Balaban J connectivity index is 1.83. The molecule has 0 radical (unpaired) electrons. The lowest BCUT2D eigenvalue weighted by molar-refractivity contribution is 0.0469. The monoisotopic (exact) mass is 273 g/mol. The van der Waals surface area contributed by atoms with Crippen LogP contribution in [-0.2, 0) is 6.42 Å². The van der Waals surface area contributed by atoms with Crippen LogP contribution in [0.15, 0.2) is 24.3 Å². The van der Waals surface area contributed by atoms with Gasteiger partial charge < -0.3 is 10.6 Å². The van der Waals surface area contributed by atoms with Crippen molar-refractivity contribution in [2.45, 2.75) is 44.3 Å². The lowest BCUT2D eigenvalue weighted by atomic mass is 9.94. The summed E-state index contributed by atoms with van der Waals surface area (Å²) in [4.78, 5) is 5.09. The van der Waals surface area contributed by atoms with E-state index in [2.05, 4.69) is 48.0 Å². The molecular weight excluding hydrogens is 246 g/mol. The molecule has 0 spiro atoms. The van der Waals surface area contributed by atoms with Crippen molar-refractivity contribution >= 4 is 0 Å².